The van der Waals surface area contributed by atoms with E-state index in [2.05, 4.69) is 15.0 Å². The number of halogens is 7. The Morgan fingerprint density at radius 1 is 1.00 bits per heavy atom. The van der Waals surface area contributed by atoms with Crippen LogP contribution in [0.3, 0.4) is 0 Å². The summed E-state index contributed by atoms with van der Waals surface area (Å²) >= 11 is 0. The lowest BCUT2D eigenvalue weighted by Crippen LogP contribution is -2.47. The first-order chi connectivity index (χ1) is 15.4. The fraction of sp³-hybridized carbons (Fsp3) is 0.316. The number of aliphatic carboxylic acids is 1. The number of alkyl halides is 6. The van der Waals surface area contributed by atoms with E-state index in [-0.39, 0.29) is 11.6 Å². The molecule has 178 valence electrons. The molecule has 14 heteroatoms. The number of H-pyrrole nitrogens is 1. The Kier molecular flexibility index (Phi) is 6.65. The molecule has 2 aromatic heterocycles. The smallest absolute Gasteiger partial charge is 0.475 e. The average Bonchev–Trinajstić information content (AvgIpc) is 3.16. The van der Waals surface area contributed by atoms with E-state index in [0.717, 1.165) is 6.07 Å². The zero-order chi connectivity index (χ0) is 24.4. The molecule has 1 saturated heterocycles. The number of hydrogen-bond acceptors (Lipinski definition) is 5. The van der Waals surface area contributed by atoms with E-state index in [9.17, 15) is 30.7 Å². The summed E-state index contributed by atoms with van der Waals surface area (Å²) in [5.41, 5.74) is 0.507. The first-order valence-electron chi connectivity index (χ1n) is 9.34. The van der Waals surface area contributed by atoms with Gasteiger partial charge >= 0.3 is 18.3 Å². The van der Waals surface area contributed by atoms with Crippen molar-refractivity contribution in [2.75, 3.05) is 36.0 Å². The molecule has 3 aromatic rings. The number of piperazine rings is 1. The van der Waals surface area contributed by atoms with E-state index in [1.54, 1.807) is 11.0 Å². The molecule has 2 N–H and O–H groups in total. The number of anilines is 2. The SMILES string of the molecule is Fc1ccc2nc(N3CCN(c4ncccc4C(F)(F)F)CC3)[nH]c2c1.O=C(O)C(F)(F)F. The van der Waals surface area contributed by atoms with E-state index in [1.165, 1.54) is 24.4 Å². The molecule has 0 radical (unpaired) electrons. The van der Waals surface area contributed by atoms with Crippen LogP contribution in [0.25, 0.3) is 11.0 Å². The number of carboxylic acids is 1. The van der Waals surface area contributed by atoms with Crippen LogP contribution in [-0.4, -0.2) is 58.4 Å². The third-order valence-electron chi connectivity index (χ3n) is 4.64. The van der Waals surface area contributed by atoms with E-state index in [4.69, 9.17) is 9.90 Å². The zero-order valence-electron chi connectivity index (χ0n) is 16.6. The van der Waals surface area contributed by atoms with Gasteiger partial charge in [-0.1, -0.05) is 0 Å². The number of hydrogen-bond donors (Lipinski definition) is 2. The van der Waals surface area contributed by atoms with Crippen LogP contribution in [0.1, 0.15) is 5.56 Å². The van der Waals surface area contributed by atoms with Gasteiger partial charge in [0.25, 0.3) is 0 Å². The molecular weight excluding hydrogens is 463 g/mol. The van der Waals surface area contributed by atoms with Gasteiger partial charge in [-0.05, 0) is 30.3 Å². The number of aromatic amines is 1. The van der Waals surface area contributed by atoms with Crippen LogP contribution < -0.4 is 9.80 Å². The zero-order valence-corrected chi connectivity index (χ0v) is 16.6. The maximum Gasteiger partial charge on any atom is 0.490 e. The van der Waals surface area contributed by atoms with Crippen molar-refractivity contribution in [2.45, 2.75) is 12.4 Å². The Bertz CT molecular complexity index is 1120. The van der Waals surface area contributed by atoms with Crippen molar-refractivity contribution in [3.8, 4) is 0 Å². The normalized spacial score (nSPS) is 14.8. The summed E-state index contributed by atoms with van der Waals surface area (Å²) in [7, 11) is 0. The molecular formula is C19H16F7N5O2. The number of pyridine rings is 1. The van der Waals surface area contributed by atoms with Crippen LogP contribution in [0.15, 0.2) is 36.5 Å². The molecule has 1 aromatic carbocycles. The fourth-order valence-corrected chi connectivity index (χ4v) is 3.12. The standard InChI is InChI=1S/C17H15F4N5.C2HF3O2/c18-11-3-4-13-14(10-11)24-16(23-13)26-8-6-25(7-9-26)15-12(17(19,20)21)2-1-5-22-15;3-2(4,5)1(6)7/h1-5,10H,6-9H2,(H,23,24);(H,6,7). The summed E-state index contributed by atoms with van der Waals surface area (Å²) < 4.78 is 84.5. The van der Waals surface area contributed by atoms with Gasteiger partial charge in [0.15, 0.2) is 0 Å². The van der Waals surface area contributed by atoms with Gasteiger partial charge in [-0.3, -0.25) is 0 Å². The van der Waals surface area contributed by atoms with Gasteiger partial charge in [0.1, 0.15) is 11.6 Å². The monoisotopic (exact) mass is 479 g/mol. The molecule has 0 spiro atoms. The highest BCUT2D eigenvalue weighted by atomic mass is 19.4. The van der Waals surface area contributed by atoms with Gasteiger partial charge in [-0.15, -0.1) is 0 Å². The summed E-state index contributed by atoms with van der Waals surface area (Å²) in [6.45, 7) is 1.73. The molecule has 0 aliphatic carbocycles. The third-order valence-corrected chi connectivity index (χ3v) is 4.64. The van der Waals surface area contributed by atoms with Crippen molar-refractivity contribution in [2.24, 2.45) is 0 Å². The molecule has 0 atom stereocenters. The van der Waals surface area contributed by atoms with Gasteiger partial charge in [-0.25, -0.2) is 19.2 Å². The third kappa shape index (κ3) is 5.81. The van der Waals surface area contributed by atoms with Crippen LogP contribution in [-0.2, 0) is 11.0 Å². The molecule has 0 unspecified atom stereocenters. The largest absolute Gasteiger partial charge is 0.490 e. The molecule has 0 saturated carbocycles. The average molecular weight is 479 g/mol. The highest BCUT2D eigenvalue weighted by molar-refractivity contribution is 5.77. The second-order valence-corrected chi connectivity index (χ2v) is 6.87. The summed E-state index contributed by atoms with van der Waals surface area (Å²) in [4.78, 5) is 23.9. The Hall–Kier alpha value is -3.58. The predicted molar refractivity (Wildman–Crippen MR) is 103 cm³/mol. The Balaban J connectivity index is 0.000000383. The first kappa shape index (κ1) is 24.1. The first-order valence-corrected chi connectivity index (χ1v) is 9.34. The fourth-order valence-electron chi connectivity index (χ4n) is 3.12. The number of rotatable bonds is 2. The van der Waals surface area contributed by atoms with E-state index >= 15 is 0 Å². The van der Waals surface area contributed by atoms with E-state index in [1.807, 2.05) is 4.90 Å². The molecule has 1 aliphatic heterocycles. The topological polar surface area (TPSA) is 85.4 Å². The molecule has 3 heterocycles. The summed E-state index contributed by atoms with van der Waals surface area (Å²) in [5, 5.41) is 7.12. The van der Waals surface area contributed by atoms with E-state index in [0.29, 0.717) is 43.2 Å². The molecule has 0 amide bonds. The molecule has 7 nitrogen and oxygen atoms in total. The van der Waals surface area contributed by atoms with Gasteiger partial charge in [0.05, 0.1) is 16.6 Å². The van der Waals surface area contributed by atoms with Crippen molar-refractivity contribution >= 4 is 28.8 Å². The van der Waals surface area contributed by atoms with Crippen LogP contribution in [0, 0.1) is 5.82 Å². The van der Waals surface area contributed by atoms with Crippen LogP contribution in [0.4, 0.5) is 42.5 Å². The van der Waals surface area contributed by atoms with Crippen molar-refractivity contribution in [3.05, 3.63) is 47.9 Å². The summed E-state index contributed by atoms with van der Waals surface area (Å²) in [5.74, 6) is -2.58. The molecule has 0 bridgehead atoms. The lowest BCUT2D eigenvalue weighted by atomic mass is 10.2. The number of nitrogens with zero attached hydrogens (tertiary/aromatic N) is 4. The minimum absolute atomic E-state index is 0.0497. The number of benzene rings is 1. The Morgan fingerprint density at radius 3 is 2.18 bits per heavy atom. The quantitative estimate of drug-likeness (QED) is 0.539. The number of carboxylic acid groups (broad SMARTS) is 1. The lowest BCUT2D eigenvalue weighted by Gasteiger charge is -2.36. The van der Waals surface area contributed by atoms with Gasteiger partial charge in [0.2, 0.25) is 5.95 Å². The van der Waals surface area contributed by atoms with Gasteiger partial charge < -0.3 is 19.9 Å². The van der Waals surface area contributed by atoms with Crippen molar-refractivity contribution in [3.63, 3.8) is 0 Å². The Labute approximate surface area is 181 Å². The minimum atomic E-state index is -5.08. The predicted octanol–water partition coefficient (Wildman–Crippen LogP) is 4.08. The second-order valence-electron chi connectivity index (χ2n) is 6.87. The van der Waals surface area contributed by atoms with Crippen LogP contribution >= 0.6 is 0 Å². The highest BCUT2D eigenvalue weighted by Crippen LogP contribution is 2.35. The number of aromatic nitrogens is 3. The highest BCUT2D eigenvalue weighted by Gasteiger charge is 2.38. The van der Waals surface area contributed by atoms with Crippen LogP contribution in [0.5, 0.6) is 0 Å². The summed E-state index contributed by atoms with van der Waals surface area (Å²) in [6.07, 6.45) is -8.16. The summed E-state index contributed by atoms with van der Waals surface area (Å²) in [6, 6.07) is 6.62. The van der Waals surface area contributed by atoms with Crippen molar-refractivity contribution < 1.29 is 40.6 Å². The Morgan fingerprint density at radius 2 is 1.61 bits per heavy atom. The minimum Gasteiger partial charge on any atom is -0.475 e. The van der Waals surface area contributed by atoms with Gasteiger partial charge in [0, 0.05) is 32.4 Å². The molecule has 4 rings (SSSR count). The van der Waals surface area contributed by atoms with Crippen LogP contribution in [0.2, 0.25) is 0 Å². The molecule has 1 aliphatic rings. The maximum absolute atomic E-state index is 13.3. The van der Waals surface area contributed by atoms with Crippen molar-refractivity contribution in [1.29, 1.82) is 0 Å². The number of nitrogens with one attached hydrogen (secondary N) is 1. The maximum atomic E-state index is 13.3. The molecule has 1 fully saturated rings. The van der Waals surface area contributed by atoms with Gasteiger partial charge in [-0.2, -0.15) is 26.3 Å². The van der Waals surface area contributed by atoms with E-state index < -0.39 is 23.9 Å². The number of carbonyl (C=O) groups is 1. The number of imidazole rings is 1. The number of fused-ring (bicyclic) bond motifs is 1. The second kappa shape index (κ2) is 9.11. The lowest BCUT2D eigenvalue weighted by molar-refractivity contribution is -0.192. The molecule has 33 heavy (non-hydrogen) atoms. The van der Waals surface area contributed by atoms with Crippen molar-refractivity contribution in [1.82, 2.24) is 15.0 Å².